The predicted octanol–water partition coefficient (Wildman–Crippen LogP) is 3.07. The van der Waals surface area contributed by atoms with E-state index in [4.69, 9.17) is 11.6 Å². The topological polar surface area (TPSA) is 65.4 Å². The van der Waals surface area contributed by atoms with Crippen molar-refractivity contribution in [2.24, 2.45) is 0 Å². The van der Waals surface area contributed by atoms with E-state index in [1.807, 2.05) is 13.0 Å². The third-order valence-corrected chi connectivity index (χ3v) is 2.91. The number of rotatable bonds is 3. The summed E-state index contributed by atoms with van der Waals surface area (Å²) in [6, 6.07) is 6.54. The van der Waals surface area contributed by atoms with Gasteiger partial charge in [-0.3, -0.25) is 0 Å². The van der Waals surface area contributed by atoms with Gasteiger partial charge in [0, 0.05) is 12.7 Å². The Morgan fingerprint density at radius 1 is 1.22 bits per heavy atom. The fourth-order valence-electron chi connectivity index (χ4n) is 1.61. The van der Waals surface area contributed by atoms with E-state index < -0.39 is 0 Å². The van der Waals surface area contributed by atoms with Gasteiger partial charge in [-0.1, -0.05) is 17.7 Å². The molecule has 0 fully saturated rings. The molecule has 5 heteroatoms. The highest BCUT2D eigenvalue weighted by atomic mass is 35.5. The van der Waals surface area contributed by atoms with E-state index in [9.17, 15) is 10.2 Å². The van der Waals surface area contributed by atoms with Gasteiger partial charge >= 0.3 is 0 Å². The maximum atomic E-state index is 9.39. The van der Waals surface area contributed by atoms with Crippen molar-refractivity contribution in [2.75, 3.05) is 5.32 Å². The van der Waals surface area contributed by atoms with Gasteiger partial charge in [0.25, 0.3) is 0 Å². The second-order valence-electron chi connectivity index (χ2n) is 3.97. The molecule has 0 radical (unpaired) electrons. The number of aromatic hydroxyl groups is 2. The molecule has 1 heterocycles. The number of hydrogen-bond donors (Lipinski definition) is 3. The monoisotopic (exact) mass is 264 g/mol. The van der Waals surface area contributed by atoms with Crippen LogP contribution in [0.3, 0.4) is 0 Å². The number of phenols is 2. The van der Waals surface area contributed by atoms with Crippen molar-refractivity contribution in [3.63, 3.8) is 0 Å². The number of aryl methyl sites for hydroxylation is 1. The molecule has 0 atom stereocenters. The van der Waals surface area contributed by atoms with Crippen molar-refractivity contribution in [1.82, 2.24) is 4.98 Å². The Balaban J connectivity index is 2.14. The Bertz CT molecular complexity index is 553. The van der Waals surface area contributed by atoms with Gasteiger partial charge in [0.2, 0.25) is 0 Å². The summed E-state index contributed by atoms with van der Waals surface area (Å²) in [4.78, 5) is 4.00. The van der Waals surface area contributed by atoms with Crippen LogP contribution < -0.4 is 5.32 Å². The van der Waals surface area contributed by atoms with Crippen molar-refractivity contribution < 1.29 is 10.2 Å². The Morgan fingerprint density at radius 2 is 2.00 bits per heavy atom. The van der Waals surface area contributed by atoms with Gasteiger partial charge in [0.05, 0.1) is 5.69 Å². The second kappa shape index (κ2) is 5.14. The molecule has 0 bridgehead atoms. The normalized spacial score (nSPS) is 10.3. The predicted molar refractivity (Wildman–Crippen MR) is 71.1 cm³/mol. The zero-order valence-electron chi connectivity index (χ0n) is 9.81. The van der Waals surface area contributed by atoms with E-state index in [0.29, 0.717) is 11.7 Å². The number of halogens is 1. The SMILES string of the molecule is Cc1ccnc(Cl)c1NCc1ccc(O)c(O)c1. The molecule has 0 aliphatic rings. The standard InChI is InChI=1S/C13H13ClN2O2/c1-8-4-5-15-13(14)12(8)16-7-9-2-3-10(17)11(18)6-9/h2-6,16-18H,7H2,1H3. The van der Waals surface area contributed by atoms with E-state index in [2.05, 4.69) is 10.3 Å². The molecule has 0 unspecified atom stereocenters. The first-order valence-electron chi connectivity index (χ1n) is 5.44. The van der Waals surface area contributed by atoms with Crippen LogP contribution in [0.25, 0.3) is 0 Å². The first-order valence-corrected chi connectivity index (χ1v) is 5.81. The summed E-state index contributed by atoms with van der Waals surface area (Å²) in [6.45, 7) is 2.42. The molecule has 0 aliphatic heterocycles. The van der Waals surface area contributed by atoms with Crippen molar-refractivity contribution >= 4 is 17.3 Å². The van der Waals surface area contributed by atoms with E-state index in [0.717, 1.165) is 16.8 Å². The van der Waals surface area contributed by atoms with E-state index in [1.54, 1.807) is 12.3 Å². The van der Waals surface area contributed by atoms with Crippen LogP contribution in [0.4, 0.5) is 5.69 Å². The van der Waals surface area contributed by atoms with Gasteiger partial charge in [-0.25, -0.2) is 4.98 Å². The number of hydrogen-bond acceptors (Lipinski definition) is 4. The van der Waals surface area contributed by atoms with E-state index >= 15 is 0 Å². The lowest BCUT2D eigenvalue weighted by Crippen LogP contribution is -2.02. The molecular formula is C13H13ClN2O2. The molecule has 94 valence electrons. The molecule has 0 amide bonds. The summed E-state index contributed by atoms with van der Waals surface area (Å²) in [5.74, 6) is -0.266. The Morgan fingerprint density at radius 3 is 2.67 bits per heavy atom. The molecule has 0 saturated carbocycles. The molecule has 3 N–H and O–H groups in total. The number of nitrogens with zero attached hydrogens (tertiary/aromatic N) is 1. The van der Waals surface area contributed by atoms with Crippen molar-refractivity contribution in [3.8, 4) is 11.5 Å². The van der Waals surface area contributed by atoms with Gasteiger partial charge in [-0.2, -0.15) is 0 Å². The first kappa shape index (κ1) is 12.5. The molecule has 1 aromatic carbocycles. The number of benzene rings is 1. The minimum atomic E-state index is -0.136. The highest BCUT2D eigenvalue weighted by molar-refractivity contribution is 6.32. The molecule has 18 heavy (non-hydrogen) atoms. The summed E-state index contributed by atoms with van der Waals surface area (Å²) < 4.78 is 0. The number of aromatic nitrogens is 1. The van der Waals surface area contributed by atoms with Crippen molar-refractivity contribution in [1.29, 1.82) is 0 Å². The molecule has 2 rings (SSSR count). The van der Waals surface area contributed by atoms with Crippen LogP contribution in [0.5, 0.6) is 11.5 Å². The molecule has 4 nitrogen and oxygen atoms in total. The average Bonchev–Trinajstić information content (AvgIpc) is 2.33. The van der Waals surface area contributed by atoms with Gasteiger partial charge < -0.3 is 15.5 Å². The van der Waals surface area contributed by atoms with Gasteiger partial charge in [-0.15, -0.1) is 0 Å². The van der Waals surface area contributed by atoms with Crippen LogP contribution >= 0.6 is 11.6 Å². The lowest BCUT2D eigenvalue weighted by atomic mass is 10.2. The summed E-state index contributed by atoms with van der Waals surface area (Å²) in [5.41, 5.74) is 2.61. The molecule has 0 spiro atoms. The maximum absolute atomic E-state index is 9.39. The van der Waals surface area contributed by atoms with E-state index in [-0.39, 0.29) is 11.5 Å². The van der Waals surface area contributed by atoms with Crippen LogP contribution in [0.1, 0.15) is 11.1 Å². The summed E-state index contributed by atoms with van der Waals surface area (Å²) >= 11 is 5.99. The summed E-state index contributed by atoms with van der Waals surface area (Å²) in [7, 11) is 0. The zero-order valence-corrected chi connectivity index (χ0v) is 10.6. The highest BCUT2D eigenvalue weighted by Gasteiger charge is 2.05. The van der Waals surface area contributed by atoms with Gasteiger partial charge in [0.1, 0.15) is 0 Å². The summed E-state index contributed by atoms with van der Waals surface area (Å²) in [6.07, 6.45) is 1.65. The Labute approximate surface area is 110 Å². The minimum Gasteiger partial charge on any atom is -0.504 e. The van der Waals surface area contributed by atoms with Crippen LogP contribution in [0.2, 0.25) is 5.15 Å². The van der Waals surface area contributed by atoms with Gasteiger partial charge in [0.15, 0.2) is 16.7 Å². The lowest BCUT2D eigenvalue weighted by molar-refractivity contribution is 0.403. The van der Waals surface area contributed by atoms with Crippen molar-refractivity contribution in [3.05, 3.63) is 46.7 Å². The fourth-order valence-corrected chi connectivity index (χ4v) is 1.88. The van der Waals surface area contributed by atoms with Crippen LogP contribution in [0, 0.1) is 6.92 Å². The highest BCUT2D eigenvalue weighted by Crippen LogP contribution is 2.27. The second-order valence-corrected chi connectivity index (χ2v) is 4.33. The molecular weight excluding hydrogens is 252 g/mol. The third-order valence-electron chi connectivity index (χ3n) is 2.62. The average molecular weight is 265 g/mol. The Hall–Kier alpha value is -1.94. The van der Waals surface area contributed by atoms with Crippen molar-refractivity contribution in [2.45, 2.75) is 13.5 Å². The zero-order chi connectivity index (χ0) is 13.1. The smallest absolute Gasteiger partial charge is 0.157 e. The fraction of sp³-hybridized carbons (Fsp3) is 0.154. The van der Waals surface area contributed by atoms with Crippen LogP contribution in [-0.2, 0) is 6.54 Å². The molecule has 0 aliphatic carbocycles. The molecule has 1 aromatic heterocycles. The maximum Gasteiger partial charge on any atom is 0.157 e. The van der Waals surface area contributed by atoms with E-state index in [1.165, 1.54) is 12.1 Å². The van der Waals surface area contributed by atoms with Crippen LogP contribution in [0.15, 0.2) is 30.5 Å². The Kier molecular flexibility index (Phi) is 3.58. The third kappa shape index (κ3) is 2.65. The quantitative estimate of drug-likeness (QED) is 0.589. The molecule has 0 saturated heterocycles. The number of nitrogens with one attached hydrogen (secondary N) is 1. The van der Waals surface area contributed by atoms with Crippen LogP contribution in [-0.4, -0.2) is 15.2 Å². The summed E-state index contributed by atoms with van der Waals surface area (Å²) in [5, 5.41) is 22.2. The lowest BCUT2D eigenvalue weighted by Gasteiger charge is -2.11. The number of phenolic OH excluding ortho intramolecular Hbond substituents is 2. The first-order chi connectivity index (χ1) is 8.58. The van der Waals surface area contributed by atoms with Gasteiger partial charge in [-0.05, 0) is 36.2 Å². The molecule has 2 aromatic rings. The number of anilines is 1. The minimum absolute atomic E-state index is 0.130. The number of pyridine rings is 1. The largest absolute Gasteiger partial charge is 0.504 e.